The molecule has 9 nitrogen and oxygen atoms in total. The Morgan fingerprint density at radius 3 is 1.83 bits per heavy atom. The maximum atomic E-state index is 12.7. The fourth-order valence-corrected chi connectivity index (χ4v) is 5.67. The quantitative estimate of drug-likeness (QED) is 0.0705. The van der Waals surface area contributed by atoms with E-state index in [4.69, 9.17) is 10.5 Å². The van der Waals surface area contributed by atoms with Gasteiger partial charge in [-0.2, -0.15) is 4.98 Å². The van der Waals surface area contributed by atoms with Crippen molar-refractivity contribution >= 4 is 23.4 Å². The molecule has 0 spiro atoms. The number of carbonyl (C=O) groups excluding carboxylic acids is 1. The number of unbranched alkanes of at least 4 members (excludes halogenated alkanes) is 18. The van der Waals surface area contributed by atoms with E-state index in [-0.39, 0.29) is 36.7 Å². The van der Waals surface area contributed by atoms with Gasteiger partial charge in [0.25, 0.3) is 5.56 Å². The topological polar surface area (TPSA) is 134 Å². The molecule has 41 heavy (non-hydrogen) atoms. The number of aromatic amines is 1. The number of aliphatic hydroxyl groups excluding tert-OH is 1. The van der Waals surface area contributed by atoms with Gasteiger partial charge in [-0.15, -0.1) is 0 Å². The molecular formula is C32H59N5O4. The highest BCUT2D eigenvalue weighted by Gasteiger charge is 2.36. The summed E-state index contributed by atoms with van der Waals surface area (Å²) in [5.41, 5.74) is 5.67. The molecule has 0 aliphatic carbocycles. The maximum absolute atomic E-state index is 12.7. The predicted octanol–water partition coefficient (Wildman–Crippen LogP) is 7.25. The van der Waals surface area contributed by atoms with Crippen LogP contribution in [-0.2, 0) is 9.53 Å². The largest absolute Gasteiger partial charge is 0.441 e. The van der Waals surface area contributed by atoms with Crippen LogP contribution in [0, 0.1) is 5.92 Å². The lowest BCUT2D eigenvalue weighted by molar-refractivity contribution is -0.152. The summed E-state index contributed by atoms with van der Waals surface area (Å²) in [6.07, 6.45) is 25.2. The minimum Gasteiger partial charge on any atom is -0.441 e. The zero-order valence-electron chi connectivity index (χ0n) is 26.1. The van der Waals surface area contributed by atoms with Crippen LogP contribution in [0.3, 0.4) is 0 Å². The van der Waals surface area contributed by atoms with Crippen molar-refractivity contribution < 1.29 is 14.6 Å². The predicted molar refractivity (Wildman–Crippen MR) is 169 cm³/mol. The molecular weight excluding hydrogens is 518 g/mol. The molecule has 0 amide bonds. The van der Waals surface area contributed by atoms with Crippen molar-refractivity contribution in [3.8, 4) is 0 Å². The second-order valence-electron chi connectivity index (χ2n) is 11.8. The highest BCUT2D eigenvalue weighted by Crippen LogP contribution is 2.31. The van der Waals surface area contributed by atoms with E-state index in [0.29, 0.717) is 24.3 Å². The SMILES string of the molecule is CCCCCCCCCCCCCCCCCCCCCC(=O)OC(C(CC)CO)N1CNc2c1nc(N)[nH]c2=O. The van der Waals surface area contributed by atoms with Crippen molar-refractivity contribution in [2.24, 2.45) is 5.92 Å². The number of hydrogen-bond acceptors (Lipinski definition) is 8. The summed E-state index contributed by atoms with van der Waals surface area (Å²) in [6.45, 7) is 4.32. The third kappa shape index (κ3) is 13.5. The van der Waals surface area contributed by atoms with Crippen molar-refractivity contribution in [2.45, 2.75) is 155 Å². The minimum atomic E-state index is -0.722. The molecule has 0 fully saturated rings. The van der Waals surface area contributed by atoms with Gasteiger partial charge in [0, 0.05) is 12.3 Å². The summed E-state index contributed by atoms with van der Waals surface area (Å²) in [5.74, 6) is -0.252. The number of carbonyl (C=O) groups is 1. The number of anilines is 3. The number of nitrogens with zero attached hydrogens (tertiary/aromatic N) is 2. The van der Waals surface area contributed by atoms with E-state index in [0.717, 1.165) is 19.3 Å². The number of nitrogen functional groups attached to an aromatic ring is 1. The van der Waals surface area contributed by atoms with E-state index < -0.39 is 6.23 Å². The first-order valence-electron chi connectivity index (χ1n) is 16.7. The molecule has 0 saturated heterocycles. The highest BCUT2D eigenvalue weighted by atomic mass is 16.6. The van der Waals surface area contributed by atoms with Crippen LogP contribution in [0.4, 0.5) is 17.5 Å². The van der Waals surface area contributed by atoms with Gasteiger partial charge in [0.05, 0.1) is 13.3 Å². The van der Waals surface area contributed by atoms with Gasteiger partial charge in [0.15, 0.2) is 12.0 Å². The molecule has 236 valence electrons. The van der Waals surface area contributed by atoms with E-state index in [1.807, 2.05) is 6.92 Å². The zero-order valence-corrected chi connectivity index (χ0v) is 26.1. The number of nitrogens with one attached hydrogen (secondary N) is 2. The second-order valence-corrected chi connectivity index (χ2v) is 11.8. The average Bonchev–Trinajstić information content (AvgIpc) is 3.38. The van der Waals surface area contributed by atoms with Crippen LogP contribution in [0.1, 0.15) is 149 Å². The number of hydrogen-bond donors (Lipinski definition) is 4. The first-order chi connectivity index (χ1) is 20.0. The molecule has 9 heteroatoms. The summed E-state index contributed by atoms with van der Waals surface area (Å²) >= 11 is 0. The van der Waals surface area contributed by atoms with Gasteiger partial charge >= 0.3 is 5.97 Å². The molecule has 5 N–H and O–H groups in total. The lowest BCUT2D eigenvalue weighted by Crippen LogP contribution is -2.45. The van der Waals surface area contributed by atoms with Gasteiger partial charge in [0.2, 0.25) is 5.95 Å². The highest BCUT2D eigenvalue weighted by molar-refractivity contribution is 5.73. The third-order valence-electron chi connectivity index (χ3n) is 8.32. The number of rotatable bonds is 25. The Morgan fingerprint density at radius 2 is 1.37 bits per heavy atom. The number of fused-ring (bicyclic) bond motifs is 1. The summed E-state index contributed by atoms with van der Waals surface area (Å²) < 4.78 is 5.85. The summed E-state index contributed by atoms with van der Waals surface area (Å²) in [6, 6.07) is 0. The number of H-pyrrole nitrogens is 1. The summed E-state index contributed by atoms with van der Waals surface area (Å²) in [7, 11) is 0. The Balaban J connectivity index is 1.51. The fraction of sp³-hybridized carbons (Fsp3) is 0.844. The van der Waals surface area contributed by atoms with Crippen molar-refractivity contribution in [1.29, 1.82) is 0 Å². The lowest BCUT2D eigenvalue weighted by atomic mass is 10.0. The minimum absolute atomic E-state index is 0.00124. The molecule has 0 bridgehead atoms. The van der Waals surface area contributed by atoms with Gasteiger partial charge < -0.3 is 25.8 Å². The standard InChI is InChI=1S/C32H59N5O4/c1-3-5-6-7-8-9-10-11-12-13-14-15-16-17-18-19-20-21-22-23-27(39)41-31(26(4-2)24-38)37-25-34-28-29(37)35-32(33)36-30(28)40/h26,31,34,38H,3-25H2,1-2H3,(H3,33,35,36,40). The van der Waals surface area contributed by atoms with Gasteiger partial charge in [-0.25, -0.2) is 0 Å². The van der Waals surface area contributed by atoms with Crippen LogP contribution in [0.15, 0.2) is 4.79 Å². The summed E-state index contributed by atoms with van der Waals surface area (Å²) in [5, 5.41) is 12.9. The third-order valence-corrected chi connectivity index (χ3v) is 8.32. The molecule has 1 aromatic rings. The van der Waals surface area contributed by atoms with Crippen molar-refractivity contribution in [3.05, 3.63) is 10.4 Å². The fourth-order valence-electron chi connectivity index (χ4n) is 5.67. The molecule has 2 unspecified atom stereocenters. The van der Waals surface area contributed by atoms with Crippen molar-refractivity contribution in [2.75, 3.05) is 29.2 Å². The molecule has 2 heterocycles. The van der Waals surface area contributed by atoms with Crippen molar-refractivity contribution in [1.82, 2.24) is 9.97 Å². The molecule has 2 rings (SSSR count). The van der Waals surface area contributed by atoms with Gasteiger partial charge in [-0.3, -0.25) is 14.6 Å². The van der Waals surface area contributed by atoms with Gasteiger partial charge in [-0.05, 0) is 12.8 Å². The lowest BCUT2D eigenvalue weighted by Gasteiger charge is -2.33. The molecule has 0 aromatic carbocycles. The van der Waals surface area contributed by atoms with E-state index in [2.05, 4.69) is 22.2 Å². The van der Waals surface area contributed by atoms with E-state index in [1.165, 1.54) is 103 Å². The van der Waals surface area contributed by atoms with Crippen molar-refractivity contribution in [3.63, 3.8) is 0 Å². The number of aliphatic hydroxyl groups is 1. The van der Waals surface area contributed by atoms with Crippen LogP contribution in [0.5, 0.6) is 0 Å². The average molecular weight is 578 g/mol. The van der Waals surface area contributed by atoms with E-state index in [9.17, 15) is 14.7 Å². The maximum Gasteiger partial charge on any atom is 0.307 e. The Morgan fingerprint density at radius 1 is 0.878 bits per heavy atom. The van der Waals surface area contributed by atoms with Crippen LogP contribution in [-0.4, -0.2) is 40.5 Å². The molecule has 2 atom stereocenters. The Kier molecular flexibility index (Phi) is 18.2. The number of ether oxygens (including phenoxy) is 1. The normalized spacial score (nSPS) is 14.1. The first kappa shape index (κ1) is 34.9. The van der Waals surface area contributed by atoms with Gasteiger partial charge in [-0.1, -0.05) is 129 Å². The molecule has 1 aliphatic heterocycles. The van der Waals surface area contributed by atoms with E-state index >= 15 is 0 Å². The monoisotopic (exact) mass is 577 g/mol. The molecule has 0 radical (unpaired) electrons. The first-order valence-corrected chi connectivity index (χ1v) is 16.7. The molecule has 1 aromatic heterocycles. The number of nitrogens with two attached hydrogens (primary N) is 1. The van der Waals surface area contributed by atoms with Crippen LogP contribution in [0.2, 0.25) is 0 Å². The van der Waals surface area contributed by atoms with Gasteiger partial charge in [0.1, 0.15) is 5.69 Å². The zero-order chi connectivity index (χ0) is 29.7. The smallest absolute Gasteiger partial charge is 0.307 e. The number of esters is 1. The molecule has 1 aliphatic rings. The second kappa shape index (κ2) is 21.4. The Labute approximate surface area is 248 Å². The van der Waals surface area contributed by atoms with Crippen LogP contribution >= 0.6 is 0 Å². The van der Waals surface area contributed by atoms with Crippen LogP contribution < -0.4 is 21.5 Å². The summed E-state index contributed by atoms with van der Waals surface area (Å²) in [4.78, 5) is 33.3. The Bertz CT molecular complexity index is 889. The number of aromatic nitrogens is 2. The van der Waals surface area contributed by atoms with Crippen LogP contribution in [0.25, 0.3) is 0 Å². The Hall–Kier alpha value is -2.29. The molecule has 0 saturated carbocycles. The van der Waals surface area contributed by atoms with E-state index in [1.54, 1.807) is 4.90 Å².